The van der Waals surface area contributed by atoms with E-state index in [0.717, 1.165) is 22.5 Å². The Kier molecular flexibility index (Phi) is 6.07. The number of benzene rings is 3. The minimum atomic E-state index is -3.30. The van der Waals surface area contributed by atoms with Gasteiger partial charge in [0.05, 0.1) is 22.0 Å². The highest BCUT2D eigenvalue weighted by Crippen LogP contribution is 2.23. The average Bonchev–Trinajstić information content (AvgIpc) is 3.23. The van der Waals surface area contributed by atoms with Crippen LogP contribution in [0.25, 0.3) is 16.9 Å². The molecule has 0 unspecified atom stereocenters. The van der Waals surface area contributed by atoms with Crippen molar-refractivity contribution in [3.8, 4) is 16.9 Å². The molecule has 0 radical (unpaired) electrons. The molecule has 0 aliphatic rings. The van der Waals surface area contributed by atoms with Crippen LogP contribution in [-0.2, 0) is 16.4 Å². The summed E-state index contributed by atoms with van der Waals surface area (Å²) in [4.78, 5) is 0.355. The van der Waals surface area contributed by atoms with Gasteiger partial charge in [-0.2, -0.15) is 5.10 Å². The van der Waals surface area contributed by atoms with Crippen molar-refractivity contribution in [1.29, 1.82) is 0 Å². The minimum absolute atomic E-state index is 0.0461. The van der Waals surface area contributed by atoms with E-state index >= 15 is 0 Å². The Morgan fingerprint density at radius 1 is 0.800 bits per heavy atom. The van der Waals surface area contributed by atoms with Crippen molar-refractivity contribution in [1.82, 2.24) is 15.1 Å². The lowest BCUT2D eigenvalue weighted by atomic mass is 10.1. The summed E-state index contributed by atoms with van der Waals surface area (Å²) in [5.74, 6) is 0.0461. The van der Waals surface area contributed by atoms with Crippen molar-refractivity contribution in [3.05, 3.63) is 103 Å². The second-order valence-electron chi connectivity index (χ2n) is 6.96. The fraction of sp³-hybridized carbons (Fsp3) is 0.125. The lowest BCUT2D eigenvalue weighted by Crippen LogP contribution is -2.22. The third kappa shape index (κ3) is 4.67. The largest absolute Gasteiger partial charge is 0.312 e. The summed E-state index contributed by atoms with van der Waals surface area (Å²) in [6.45, 7) is 0.892. The number of nitrogens with zero attached hydrogens (tertiary/aromatic N) is 2. The summed E-state index contributed by atoms with van der Waals surface area (Å²) >= 11 is 0. The standard InChI is InChI=1S/C24H23N3O2S/c28-30(29,23-14-8-3-9-15-23)17-16-25-18-21-19-27(22-12-6-2-7-13-22)26-24(21)20-10-4-1-5-11-20/h1-15,19,25H,16-18H2. The molecule has 5 nitrogen and oxygen atoms in total. The molecule has 0 aliphatic heterocycles. The maximum atomic E-state index is 12.5. The summed E-state index contributed by atoms with van der Waals surface area (Å²) in [5.41, 5.74) is 3.91. The molecule has 3 aromatic carbocycles. The summed E-state index contributed by atoms with van der Waals surface area (Å²) in [5, 5.41) is 8.05. The summed E-state index contributed by atoms with van der Waals surface area (Å²) < 4.78 is 26.8. The van der Waals surface area contributed by atoms with Crippen LogP contribution in [0, 0.1) is 0 Å². The van der Waals surface area contributed by atoms with E-state index < -0.39 is 9.84 Å². The van der Waals surface area contributed by atoms with Crippen LogP contribution in [0.3, 0.4) is 0 Å². The van der Waals surface area contributed by atoms with E-state index in [1.165, 1.54) is 0 Å². The molecule has 4 rings (SSSR count). The maximum Gasteiger partial charge on any atom is 0.179 e. The number of para-hydroxylation sites is 1. The molecule has 1 aromatic heterocycles. The van der Waals surface area contributed by atoms with Crippen LogP contribution in [0.15, 0.2) is 102 Å². The van der Waals surface area contributed by atoms with Gasteiger partial charge in [-0.1, -0.05) is 66.7 Å². The summed E-state index contributed by atoms with van der Waals surface area (Å²) in [7, 11) is -3.30. The second kappa shape index (κ2) is 9.07. The molecule has 1 heterocycles. The maximum absolute atomic E-state index is 12.5. The quantitative estimate of drug-likeness (QED) is 0.439. The lowest BCUT2D eigenvalue weighted by Gasteiger charge is -2.07. The van der Waals surface area contributed by atoms with E-state index in [1.54, 1.807) is 24.3 Å². The van der Waals surface area contributed by atoms with Crippen LogP contribution < -0.4 is 5.32 Å². The van der Waals surface area contributed by atoms with Gasteiger partial charge < -0.3 is 5.32 Å². The summed E-state index contributed by atoms with van der Waals surface area (Å²) in [6.07, 6.45) is 2.00. The third-order valence-corrected chi connectivity index (χ3v) is 6.56. The van der Waals surface area contributed by atoms with E-state index in [0.29, 0.717) is 18.0 Å². The van der Waals surface area contributed by atoms with Gasteiger partial charge in [0.1, 0.15) is 0 Å². The first-order chi connectivity index (χ1) is 14.6. The van der Waals surface area contributed by atoms with E-state index in [2.05, 4.69) is 5.32 Å². The van der Waals surface area contributed by atoms with Crippen molar-refractivity contribution in [2.45, 2.75) is 11.4 Å². The van der Waals surface area contributed by atoms with Crippen LogP contribution in [0.1, 0.15) is 5.56 Å². The SMILES string of the molecule is O=S(=O)(CCNCc1cn(-c2ccccc2)nc1-c1ccccc1)c1ccccc1. The molecule has 4 aromatic rings. The molecule has 0 fully saturated rings. The zero-order valence-electron chi connectivity index (χ0n) is 16.5. The van der Waals surface area contributed by atoms with Crippen LogP contribution in [0.5, 0.6) is 0 Å². The molecule has 0 bridgehead atoms. The third-order valence-electron chi connectivity index (χ3n) is 4.82. The normalized spacial score (nSPS) is 11.5. The molecular formula is C24H23N3O2S. The topological polar surface area (TPSA) is 64.0 Å². The Morgan fingerprint density at radius 3 is 2.07 bits per heavy atom. The number of hydrogen-bond donors (Lipinski definition) is 1. The van der Waals surface area contributed by atoms with Gasteiger partial charge in [0.2, 0.25) is 0 Å². The molecule has 152 valence electrons. The van der Waals surface area contributed by atoms with Gasteiger partial charge in [0, 0.05) is 30.4 Å². The monoisotopic (exact) mass is 417 g/mol. The Bertz CT molecular complexity index is 1190. The fourth-order valence-corrected chi connectivity index (χ4v) is 4.49. The van der Waals surface area contributed by atoms with E-state index in [-0.39, 0.29) is 5.75 Å². The number of nitrogens with one attached hydrogen (secondary N) is 1. The van der Waals surface area contributed by atoms with Crippen LogP contribution in [0.2, 0.25) is 0 Å². The van der Waals surface area contributed by atoms with Crippen molar-refractivity contribution >= 4 is 9.84 Å². The average molecular weight is 418 g/mol. The van der Waals surface area contributed by atoms with Crippen LogP contribution >= 0.6 is 0 Å². The van der Waals surface area contributed by atoms with Gasteiger partial charge in [0.25, 0.3) is 0 Å². The van der Waals surface area contributed by atoms with Gasteiger partial charge in [-0.25, -0.2) is 13.1 Å². The van der Waals surface area contributed by atoms with E-state index in [9.17, 15) is 8.42 Å². The lowest BCUT2D eigenvalue weighted by molar-refractivity contribution is 0.590. The number of sulfone groups is 1. The molecule has 0 saturated carbocycles. The molecule has 1 N–H and O–H groups in total. The molecule has 0 saturated heterocycles. The Balaban J connectivity index is 1.50. The molecule has 30 heavy (non-hydrogen) atoms. The highest BCUT2D eigenvalue weighted by molar-refractivity contribution is 7.91. The molecule has 0 aliphatic carbocycles. The van der Waals surface area contributed by atoms with Gasteiger partial charge >= 0.3 is 0 Å². The first-order valence-corrected chi connectivity index (χ1v) is 11.5. The zero-order chi connectivity index (χ0) is 20.8. The molecule has 0 atom stereocenters. The number of hydrogen-bond acceptors (Lipinski definition) is 4. The van der Waals surface area contributed by atoms with Crippen LogP contribution in [0.4, 0.5) is 0 Å². The van der Waals surface area contributed by atoms with Crippen molar-refractivity contribution < 1.29 is 8.42 Å². The molecule has 0 amide bonds. The van der Waals surface area contributed by atoms with Crippen molar-refractivity contribution in [3.63, 3.8) is 0 Å². The van der Waals surface area contributed by atoms with Gasteiger partial charge in [-0.15, -0.1) is 0 Å². The smallest absolute Gasteiger partial charge is 0.179 e. The van der Waals surface area contributed by atoms with Gasteiger partial charge in [0.15, 0.2) is 9.84 Å². The fourth-order valence-electron chi connectivity index (χ4n) is 3.27. The van der Waals surface area contributed by atoms with Crippen LogP contribution in [-0.4, -0.2) is 30.5 Å². The molecule has 0 spiro atoms. The predicted octanol–water partition coefficient (Wildman–Crippen LogP) is 4.10. The van der Waals surface area contributed by atoms with Gasteiger partial charge in [-0.05, 0) is 24.3 Å². The van der Waals surface area contributed by atoms with E-state index in [4.69, 9.17) is 5.10 Å². The summed E-state index contributed by atoms with van der Waals surface area (Å²) in [6, 6.07) is 28.5. The highest BCUT2D eigenvalue weighted by Gasteiger charge is 2.15. The van der Waals surface area contributed by atoms with Gasteiger partial charge in [-0.3, -0.25) is 0 Å². The first kappa shape index (κ1) is 20.1. The highest BCUT2D eigenvalue weighted by atomic mass is 32.2. The number of rotatable bonds is 8. The van der Waals surface area contributed by atoms with Crippen molar-refractivity contribution in [2.24, 2.45) is 0 Å². The molecule has 6 heteroatoms. The molecular weight excluding hydrogens is 394 g/mol. The van der Waals surface area contributed by atoms with E-state index in [1.807, 2.05) is 77.6 Å². The number of aromatic nitrogens is 2. The Morgan fingerprint density at radius 2 is 1.40 bits per heavy atom. The first-order valence-electron chi connectivity index (χ1n) is 9.81. The minimum Gasteiger partial charge on any atom is -0.312 e. The van der Waals surface area contributed by atoms with Crippen molar-refractivity contribution in [2.75, 3.05) is 12.3 Å². The predicted molar refractivity (Wildman–Crippen MR) is 119 cm³/mol. The zero-order valence-corrected chi connectivity index (χ0v) is 17.3. The second-order valence-corrected chi connectivity index (χ2v) is 9.07. The Labute approximate surface area is 176 Å². The Hall–Kier alpha value is -3.22.